The number of nitrogens with zero attached hydrogens (tertiary/aromatic N) is 5. The number of nitrogen functional groups attached to an aromatic ring is 1. The molecular formula is C25H23N7O3. The van der Waals surface area contributed by atoms with E-state index in [1.165, 1.54) is 12.7 Å². The lowest BCUT2D eigenvalue weighted by atomic mass is 10.1. The fourth-order valence-electron chi connectivity index (χ4n) is 4.73. The lowest BCUT2D eigenvalue weighted by Gasteiger charge is -2.10. The van der Waals surface area contributed by atoms with Gasteiger partial charge in [0, 0.05) is 12.1 Å². The molecule has 2 aromatic carbocycles. The SMILES string of the molecule is Nc1ncnc2c1c(-c1ccc(CNC(=O)c3cccc4ncoc34)cc1)nn2C1CCC(O)C1. The van der Waals surface area contributed by atoms with Crippen molar-refractivity contribution in [2.24, 2.45) is 0 Å². The molecule has 5 aromatic rings. The Morgan fingerprint density at radius 2 is 2.00 bits per heavy atom. The number of anilines is 1. The first-order valence-corrected chi connectivity index (χ1v) is 11.4. The van der Waals surface area contributed by atoms with E-state index in [4.69, 9.17) is 15.2 Å². The van der Waals surface area contributed by atoms with Crippen molar-refractivity contribution in [2.75, 3.05) is 5.73 Å². The minimum absolute atomic E-state index is 0.0684. The Morgan fingerprint density at radius 1 is 1.14 bits per heavy atom. The van der Waals surface area contributed by atoms with Crippen LogP contribution < -0.4 is 11.1 Å². The van der Waals surface area contributed by atoms with Crippen molar-refractivity contribution in [1.82, 2.24) is 30.0 Å². The Morgan fingerprint density at radius 3 is 2.80 bits per heavy atom. The third-order valence-electron chi connectivity index (χ3n) is 6.52. The molecule has 4 N–H and O–H groups in total. The second-order valence-electron chi connectivity index (χ2n) is 8.76. The zero-order chi connectivity index (χ0) is 23.9. The summed E-state index contributed by atoms with van der Waals surface area (Å²) in [5, 5.41) is 18.5. The fourth-order valence-corrected chi connectivity index (χ4v) is 4.73. The molecule has 2 unspecified atom stereocenters. The zero-order valence-electron chi connectivity index (χ0n) is 18.8. The van der Waals surface area contributed by atoms with E-state index in [1.54, 1.807) is 18.2 Å². The molecule has 10 heteroatoms. The minimum atomic E-state index is -0.326. The number of carbonyl (C=O) groups is 1. The van der Waals surface area contributed by atoms with E-state index in [1.807, 2.05) is 28.9 Å². The first kappa shape index (κ1) is 21.2. The van der Waals surface area contributed by atoms with Crippen LogP contribution in [0.15, 0.2) is 59.6 Å². The first-order valence-electron chi connectivity index (χ1n) is 11.4. The number of nitrogens with one attached hydrogen (secondary N) is 1. The van der Waals surface area contributed by atoms with Gasteiger partial charge in [0.15, 0.2) is 17.6 Å². The van der Waals surface area contributed by atoms with Gasteiger partial charge in [-0.25, -0.2) is 19.6 Å². The van der Waals surface area contributed by atoms with E-state index >= 15 is 0 Å². The van der Waals surface area contributed by atoms with Gasteiger partial charge in [-0.15, -0.1) is 0 Å². The summed E-state index contributed by atoms with van der Waals surface area (Å²) in [6, 6.07) is 13.1. The first-order chi connectivity index (χ1) is 17.1. The van der Waals surface area contributed by atoms with Crippen molar-refractivity contribution < 1.29 is 14.3 Å². The summed E-state index contributed by atoms with van der Waals surface area (Å²) >= 11 is 0. The van der Waals surface area contributed by atoms with Crippen molar-refractivity contribution in [3.8, 4) is 11.3 Å². The monoisotopic (exact) mass is 469 g/mol. The molecule has 1 saturated carbocycles. The summed E-state index contributed by atoms with van der Waals surface area (Å²) in [5.74, 6) is 0.137. The Kier molecular flexibility index (Phi) is 5.14. The van der Waals surface area contributed by atoms with E-state index in [2.05, 4.69) is 20.3 Å². The number of para-hydroxylation sites is 1. The molecule has 35 heavy (non-hydrogen) atoms. The maximum absolute atomic E-state index is 12.7. The number of aromatic nitrogens is 5. The van der Waals surface area contributed by atoms with Crippen LogP contribution in [0.4, 0.5) is 5.82 Å². The predicted octanol–water partition coefficient (Wildman–Crippen LogP) is 3.23. The van der Waals surface area contributed by atoms with E-state index in [-0.39, 0.29) is 18.1 Å². The Bertz CT molecular complexity index is 1540. The molecule has 1 amide bonds. The van der Waals surface area contributed by atoms with Crippen LogP contribution in [0.3, 0.4) is 0 Å². The molecule has 0 spiro atoms. The number of hydrogen-bond acceptors (Lipinski definition) is 8. The highest BCUT2D eigenvalue weighted by atomic mass is 16.3. The quantitative estimate of drug-likeness (QED) is 0.356. The molecule has 10 nitrogen and oxygen atoms in total. The topological polar surface area (TPSA) is 145 Å². The van der Waals surface area contributed by atoms with Crippen LogP contribution >= 0.6 is 0 Å². The summed E-state index contributed by atoms with van der Waals surface area (Å²) in [6.07, 6.45) is 4.66. The molecule has 3 aromatic heterocycles. The van der Waals surface area contributed by atoms with Crippen molar-refractivity contribution in [2.45, 2.75) is 38.0 Å². The molecule has 0 bridgehead atoms. The highest BCUT2D eigenvalue weighted by Crippen LogP contribution is 2.36. The molecule has 0 saturated heterocycles. The minimum Gasteiger partial charge on any atom is -0.443 e. The average molecular weight is 470 g/mol. The number of oxazole rings is 1. The number of aliphatic hydroxyl groups is 1. The molecule has 0 aliphatic heterocycles. The molecule has 3 heterocycles. The second kappa shape index (κ2) is 8.48. The van der Waals surface area contributed by atoms with Gasteiger partial charge < -0.3 is 20.6 Å². The summed E-state index contributed by atoms with van der Waals surface area (Å²) in [6.45, 7) is 0.351. The summed E-state index contributed by atoms with van der Waals surface area (Å²) < 4.78 is 7.23. The number of carbonyl (C=O) groups excluding carboxylic acids is 1. The molecule has 6 rings (SSSR count). The van der Waals surface area contributed by atoms with Crippen molar-refractivity contribution in [3.63, 3.8) is 0 Å². The van der Waals surface area contributed by atoms with Crippen LogP contribution in [0.2, 0.25) is 0 Å². The lowest BCUT2D eigenvalue weighted by Crippen LogP contribution is -2.22. The summed E-state index contributed by atoms with van der Waals surface area (Å²) in [4.78, 5) is 25.4. The molecule has 2 atom stereocenters. The maximum Gasteiger partial charge on any atom is 0.255 e. The van der Waals surface area contributed by atoms with Gasteiger partial charge in [-0.1, -0.05) is 30.3 Å². The van der Waals surface area contributed by atoms with Gasteiger partial charge in [0.2, 0.25) is 0 Å². The fraction of sp³-hybridized carbons (Fsp3) is 0.240. The molecule has 176 valence electrons. The average Bonchev–Trinajstić information content (AvgIpc) is 3.61. The predicted molar refractivity (Wildman–Crippen MR) is 129 cm³/mol. The Balaban J connectivity index is 1.25. The molecule has 1 fully saturated rings. The van der Waals surface area contributed by atoms with Gasteiger partial charge in [0.05, 0.1) is 23.1 Å². The van der Waals surface area contributed by atoms with E-state index < -0.39 is 0 Å². The van der Waals surface area contributed by atoms with Crippen LogP contribution in [-0.4, -0.2) is 41.9 Å². The smallest absolute Gasteiger partial charge is 0.255 e. The number of aliphatic hydroxyl groups excluding tert-OH is 1. The van der Waals surface area contributed by atoms with E-state index in [0.29, 0.717) is 52.2 Å². The largest absolute Gasteiger partial charge is 0.443 e. The number of rotatable bonds is 5. The van der Waals surface area contributed by atoms with Crippen LogP contribution in [-0.2, 0) is 6.54 Å². The number of amides is 1. The van der Waals surface area contributed by atoms with Gasteiger partial charge in [0.25, 0.3) is 5.91 Å². The Hall–Kier alpha value is -4.31. The van der Waals surface area contributed by atoms with Crippen LogP contribution in [0.25, 0.3) is 33.4 Å². The number of hydrogen-bond donors (Lipinski definition) is 3. The number of fused-ring (bicyclic) bond motifs is 2. The Labute approximate surface area is 199 Å². The van der Waals surface area contributed by atoms with Crippen LogP contribution in [0, 0.1) is 0 Å². The highest BCUT2D eigenvalue weighted by Gasteiger charge is 2.28. The van der Waals surface area contributed by atoms with Gasteiger partial charge in [0.1, 0.15) is 23.4 Å². The highest BCUT2D eigenvalue weighted by molar-refractivity contribution is 6.04. The number of nitrogens with two attached hydrogens (primary N) is 1. The molecule has 1 aliphatic carbocycles. The molecule has 0 radical (unpaired) electrons. The number of benzene rings is 2. The van der Waals surface area contributed by atoms with E-state index in [0.717, 1.165) is 24.0 Å². The second-order valence-corrected chi connectivity index (χ2v) is 8.76. The van der Waals surface area contributed by atoms with Crippen molar-refractivity contribution in [1.29, 1.82) is 0 Å². The maximum atomic E-state index is 12.7. The summed E-state index contributed by atoms with van der Waals surface area (Å²) in [7, 11) is 0. The van der Waals surface area contributed by atoms with Gasteiger partial charge in [-0.3, -0.25) is 4.79 Å². The lowest BCUT2D eigenvalue weighted by molar-refractivity contribution is 0.0951. The zero-order valence-corrected chi connectivity index (χ0v) is 18.8. The van der Waals surface area contributed by atoms with Gasteiger partial charge in [-0.2, -0.15) is 5.10 Å². The molecule has 1 aliphatic rings. The van der Waals surface area contributed by atoms with Crippen LogP contribution in [0.1, 0.15) is 41.2 Å². The van der Waals surface area contributed by atoms with E-state index in [9.17, 15) is 9.90 Å². The van der Waals surface area contributed by atoms with Gasteiger partial charge in [-0.05, 0) is 37.0 Å². The van der Waals surface area contributed by atoms with Crippen molar-refractivity contribution in [3.05, 3.63) is 66.3 Å². The third kappa shape index (κ3) is 3.77. The van der Waals surface area contributed by atoms with Crippen LogP contribution in [0.5, 0.6) is 0 Å². The standard InChI is InChI=1S/C25H23N7O3/c26-23-20-21(31-32(24(20)29-12-28-23)16-8-9-17(33)10-16)15-6-4-14(5-7-15)11-27-25(34)18-2-1-3-19-22(18)35-13-30-19/h1-7,12-13,16-17,33H,8-11H2,(H,27,34)(H2,26,28,29). The van der Waals surface area contributed by atoms with Crippen molar-refractivity contribution >= 4 is 33.9 Å². The molecular weight excluding hydrogens is 446 g/mol. The normalized spacial score (nSPS) is 17.9. The summed E-state index contributed by atoms with van der Waals surface area (Å²) in [5.41, 5.74) is 10.9. The van der Waals surface area contributed by atoms with Gasteiger partial charge >= 0.3 is 0 Å². The third-order valence-corrected chi connectivity index (χ3v) is 6.52.